The molecule has 2 aromatic carbocycles. The summed E-state index contributed by atoms with van der Waals surface area (Å²) in [6.45, 7) is 6.36. The van der Waals surface area contributed by atoms with E-state index >= 15 is 0 Å². The number of benzene rings is 2. The molecule has 1 N–H and O–H groups in total. The van der Waals surface area contributed by atoms with Crippen LogP contribution in [-0.2, 0) is 4.79 Å². The van der Waals surface area contributed by atoms with Crippen molar-refractivity contribution < 1.29 is 9.53 Å². The lowest BCUT2D eigenvalue weighted by atomic mass is 10.0. The molecular weight excluding hydrogens is 350 g/mol. The van der Waals surface area contributed by atoms with Crippen LogP contribution >= 0.6 is 0 Å². The number of amides is 1. The lowest BCUT2D eigenvalue weighted by Gasteiger charge is -2.31. The van der Waals surface area contributed by atoms with E-state index in [0.29, 0.717) is 6.54 Å². The molecule has 0 aliphatic rings. The fourth-order valence-corrected chi connectivity index (χ4v) is 3.47. The van der Waals surface area contributed by atoms with Crippen molar-refractivity contribution >= 4 is 5.91 Å². The van der Waals surface area contributed by atoms with E-state index in [1.165, 1.54) is 0 Å². The molecule has 0 spiro atoms. The largest absolute Gasteiger partial charge is 0.497 e. The standard InChI is InChI=1S/C23H33N3O2/c1-6-26(7-2)22(19-11-9-8-10-12-19)23(27)24-17-21(25(3)4)18-13-15-20(28-5)16-14-18/h8-16,21-22H,6-7,17H2,1-5H3,(H,24,27). The van der Waals surface area contributed by atoms with Crippen LogP contribution in [-0.4, -0.2) is 56.5 Å². The van der Waals surface area contributed by atoms with Gasteiger partial charge in [-0.1, -0.05) is 56.3 Å². The normalized spacial score (nSPS) is 13.4. The van der Waals surface area contributed by atoms with Gasteiger partial charge in [0.25, 0.3) is 0 Å². The molecule has 0 bridgehead atoms. The van der Waals surface area contributed by atoms with Gasteiger partial charge in [-0.15, -0.1) is 0 Å². The lowest BCUT2D eigenvalue weighted by molar-refractivity contribution is -0.126. The minimum Gasteiger partial charge on any atom is -0.497 e. The number of rotatable bonds is 10. The van der Waals surface area contributed by atoms with E-state index in [-0.39, 0.29) is 18.0 Å². The molecule has 1 amide bonds. The summed E-state index contributed by atoms with van der Waals surface area (Å²) in [5, 5.41) is 3.19. The number of hydrogen-bond donors (Lipinski definition) is 1. The number of ether oxygens (including phenoxy) is 1. The van der Waals surface area contributed by atoms with E-state index in [1.54, 1.807) is 7.11 Å². The number of carbonyl (C=O) groups excluding carboxylic acids is 1. The Morgan fingerprint density at radius 1 is 0.964 bits per heavy atom. The molecule has 0 aliphatic heterocycles. The Labute approximate surface area is 169 Å². The second-order valence-electron chi connectivity index (χ2n) is 7.03. The summed E-state index contributed by atoms with van der Waals surface area (Å²) < 4.78 is 5.25. The zero-order valence-corrected chi connectivity index (χ0v) is 17.7. The highest BCUT2D eigenvalue weighted by molar-refractivity contribution is 5.83. The van der Waals surface area contributed by atoms with Crippen LogP contribution in [0.4, 0.5) is 0 Å². The number of nitrogens with zero attached hydrogens (tertiary/aromatic N) is 2. The van der Waals surface area contributed by atoms with Crippen LogP contribution in [0, 0.1) is 0 Å². The number of nitrogens with one attached hydrogen (secondary N) is 1. The molecule has 152 valence electrons. The third-order valence-corrected chi connectivity index (χ3v) is 5.13. The van der Waals surface area contributed by atoms with Gasteiger partial charge in [0, 0.05) is 6.54 Å². The predicted octanol–water partition coefficient (Wildman–Crippen LogP) is 3.50. The van der Waals surface area contributed by atoms with E-state index in [2.05, 4.69) is 41.1 Å². The van der Waals surface area contributed by atoms with Gasteiger partial charge in [-0.3, -0.25) is 9.69 Å². The van der Waals surface area contributed by atoms with Crippen molar-refractivity contribution in [3.63, 3.8) is 0 Å². The van der Waals surface area contributed by atoms with Crippen molar-refractivity contribution in [2.24, 2.45) is 0 Å². The monoisotopic (exact) mass is 383 g/mol. The van der Waals surface area contributed by atoms with Gasteiger partial charge in [-0.2, -0.15) is 0 Å². The van der Waals surface area contributed by atoms with Crippen LogP contribution in [0.5, 0.6) is 5.75 Å². The molecule has 2 rings (SSSR count). The molecule has 0 radical (unpaired) electrons. The number of likely N-dealkylation sites (N-methyl/N-ethyl adjacent to an activating group) is 2. The smallest absolute Gasteiger partial charge is 0.242 e. The Hall–Kier alpha value is -2.37. The lowest BCUT2D eigenvalue weighted by Crippen LogP contribution is -2.43. The van der Waals surface area contributed by atoms with Crippen molar-refractivity contribution in [1.82, 2.24) is 15.1 Å². The van der Waals surface area contributed by atoms with Gasteiger partial charge in [0.1, 0.15) is 11.8 Å². The van der Waals surface area contributed by atoms with Crippen molar-refractivity contribution in [3.8, 4) is 5.75 Å². The second kappa shape index (κ2) is 10.8. The van der Waals surface area contributed by atoms with E-state index in [9.17, 15) is 4.79 Å². The highest BCUT2D eigenvalue weighted by Gasteiger charge is 2.26. The van der Waals surface area contributed by atoms with Gasteiger partial charge in [0.15, 0.2) is 0 Å². The predicted molar refractivity (Wildman–Crippen MR) is 115 cm³/mol. The molecule has 28 heavy (non-hydrogen) atoms. The number of carbonyl (C=O) groups is 1. The summed E-state index contributed by atoms with van der Waals surface area (Å²) in [6.07, 6.45) is 0. The molecule has 5 heteroatoms. The molecule has 2 aromatic rings. The first-order chi connectivity index (χ1) is 13.5. The van der Waals surface area contributed by atoms with Gasteiger partial charge in [0.05, 0.1) is 13.2 Å². The average molecular weight is 384 g/mol. The van der Waals surface area contributed by atoms with Gasteiger partial charge < -0.3 is 15.0 Å². The maximum atomic E-state index is 13.2. The molecule has 0 saturated heterocycles. The van der Waals surface area contributed by atoms with Crippen molar-refractivity contribution in [2.75, 3.05) is 40.8 Å². The van der Waals surface area contributed by atoms with Crippen LogP contribution in [0.15, 0.2) is 54.6 Å². The summed E-state index contributed by atoms with van der Waals surface area (Å²) in [4.78, 5) is 17.5. The minimum absolute atomic E-state index is 0.0373. The number of methoxy groups -OCH3 is 1. The summed E-state index contributed by atoms with van der Waals surface area (Å²) in [6, 6.07) is 17.8. The summed E-state index contributed by atoms with van der Waals surface area (Å²) >= 11 is 0. The van der Waals surface area contributed by atoms with Crippen LogP contribution in [0.25, 0.3) is 0 Å². The zero-order chi connectivity index (χ0) is 20.5. The molecule has 2 unspecified atom stereocenters. The Balaban J connectivity index is 2.16. The average Bonchev–Trinajstić information content (AvgIpc) is 2.72. The van der Waals surface area contributed by atoms with Crippen LogP contribution < -0.4 is 10.1 Å². The zero-order valence-electron chi connectivity index (χ0n) is 17.7. The van der Waals surface area contributed by atoms with Gasteiger partial charge in [-0.05, 0) is 50.4 Å². The summed E-state index contributed by atoms with van der Waals surface area (Å²) in [5.74, 6) is 0.867. The first-order valence-electron chi connectivity index (χ1n) is 9.88. The Kier molecular flexibility index (Phi) is 8.48. The third kappa shape index (κ3) is 5.57. The molecule has 5 nitrogen and oxygen atoms in total. The van der Waals surface area contributed by atoms with Crippen LogP contribution in [0.2, 0.25) is 0 Å². The van der Waals surface area contributed by atoms with Gasteiger partial charge >= 0.3 is 0 Å². The Morgan fingerprint density at radius 3 is 2.07 bits per heavy atom. The summed E-state index contributed by atoms with van der Waals surface area (Å²) in [7, 11) is 5.72. The highest BCUT2D eigenvalue weighted by atomic mass is 16.5. The van der Waals surface area contributed by atoms with Gasteiger partial charge in [0.2, 0.25) is 5.91 Å². The quantitative estimate of drug-likeness (QED) is 0.682. The van der Waals surface area contributed by atoms with E-state index in [1.807, 2.05) is 56.6 Å². The van der Waals surface area contributed by atoms with Crippen molar-refractivity contribution in [2.45, 2.75) is 25.9 Å². The van der Waals surface area contributed by atoms with Crippen molar-refractivity contribution in [3.05, 3.63) is 65.7 Å². The topological polar surface area (TPSA) is 44.8 Å². The first kappa shape index (κ1) is 21.9. The molecule has 0 heterocycles. The fraction of sp³-hybridized carbons (Fsp3) is 0.435. The SMILES string of the molecule is CCN(CC)C(C(=O)NCC(c1ccc(OC)cc1)N(C)C)c1ccccc1. The molecule has 0 aliphatic carbocycles. The molecule has 0 fully saturated rings. The second-order valence-corrected chi connectivity index (χ2v) is 7.03. The fourth-order valence-electron chi connectivity index (χ4n) is 3.47. The van der Waals surface area contributed by atoms with E-state index < -0.39 is 0 Å². The van der Waals surface area contributed by atoms with Crippen LogP contribution in [0.1, 0.15) is 37.1 Å². The number of hydrogen-bond acceptors (Lipinski definition) is 4. The minimum atomic E-state index is -0.283. The Bertz CT molecular complexity index is 712. The Morgan fingerprint density at radius 2 is 1.57 bits per heavy atom. The maximum absolute atomic E-state index is 13.2. The highest BCUT2D eigenvalue weighted by Crippen LogP contribution is 2.23. The van der Waals surface area contributed by atoms with Gasteiger partial charge in [-0.25, -0.2) is 0 Å². The summed E-state index contributed by atoms with van der Waals surface area (Å²) in [5.41, 5.74) is 2.17. The van der Waals surface area contributed by atoms with E-state index in [4.69, 9.17) is 4.74 Å². The van der Waals surface area contributed by atoms with E-state index in [0.717, 1.165) is 30.0 Å². The van der Waals surface area contributed by atoms with Crippen LogP contribution in [0.3, 0.4) is 0 Å². The molecule has 2 atom stereocenters. The third-order valence-electron chi connectivity index (χ3n) is 5.13. The molecule has 0 saturated carbocycles. The van der Waals surface area contributed by atoms with Crippen molar-refractivity contribution in [1.29, 1.82) is 0 Å². The molecular formula is C23H33N3O2. The first-order valence-corrected chi connectivity index (χ1v) is 9.88. The molecule has 0 aromatic heterocycles. The maximum Gasteiger partial charge on any atom is 0.242 e.